The van der Waals surface area contributed by atoms with Gasteiger partial charge in [0.2, 0.25) is 5.91 Å². The minimum atomic E-state index is 0.0696. The Morgan fingerprint density at radius 1 is 1.08 bits per heavy atom. The average molecular weight is 325 g/mol. The van der Waals surface area contributed by atoms with E-state index in [-0.39, 0.29) is 12.0 Å². The van der Waals surface area contributed by atoms with E-state index in [0.29, 0.717) is 32.7 Å². The molecule has 4 heteroatoms. The lowest BCUT2D eigenvalue weighted by molar-refractivity contribution is -0.139. The van der Waals surface area contributed by atoms with Gasteiger partial charge in [-0.2, -0.15) is 0 Å². The van der Waals surface area contributed by atoms with Crippen LogP contribution in [0.3, 0.4) is 0 Å². The summed E-state index contributed by atoms with van der Waals surface area (Å²) in [5.74, 6) is 0.932. The first-order chi connectivity index (χ1) is 11.8. The number of carbonyl (C=O) groups is 1. The van der Waals surface area contributed by atoms with E-state index in [1.807, 2.05) is 53.4 Å². The minimum Gasteiger partial charge on any atom is -0.493 e. The number of ether oxygens (including phenoxy) is 2. The van der Waals surface area contributed by atoms with E-state index < -0.39 is 0 Å². The van der Waals surface area contributed by atoms with Gasteiger partial charge in [0, 0.05) is 19.5 Å². The van der Waals surface area contributed by atoms with Crippen LogP contribution in [0.4, 0.5) is 0 Å². The summed E-state index contributed by atoms with van der Waals surface area (Å²) in [5, 5.41) is 0. The predicted molar refractivity (Wildman–Crippen MR) is 93.0 cm³/mol. The molecular formula is C20H23NO3. The number of hydrogen-bond donors (Lipinski definition) is 0. The van der Waals surface area contributed by atoms with Crippen LogP contribution < -0.4 is 4.74 Å². The Morgan fingerprint density at radius 3 is 2.54 bits per heavy atom. The molecule has 3 rings (SSSR count). The SMILES string of the molecule is O=C(CCOc1ccccc1)N1CCOC(Cc2ccccc2)C1. The smallest absolute Gasteiger partial charge is 0.226 e. The summed E-state index contributed by atoms with van der Waals surface area (Å²) < 4.78 is 11.4. The van der Waals surface area contributed by atoms with Gasteiger partial charge in [-0.05, 0) is 17.7 Å². The highest BCUT2D eigenvalue weighted by molar-refractivity contribution is 5.76. The maximum absolute atomic E-state index is 12.4. The zero-order valence-corrected chi connectivity index (χ0v) is 13.8. The third-order valence-corrected chi connectivity index (χ3v) is 4.13. The third kappa shape index (κ3) is 4.83. The molecule has 0 saturated carbocycles. The van der Waals surface area contributed by atoms with Crippen LogP contribution in [0.15, 0.2) is 60.7 Å². The van der Waals surface area contributed by atoms with E-state index in [9.17, 15) is 4.79 Å². The molecule has 0 aliphatic carbocycles. The number of nitrogens with zero attached hydrogens (tertiary/aromatic N) is 1. The maximum Gasteiger partial charge on any atom is 0.226 e. The molecule has 0 N–H and O–H groups in total. The number of carbonyl (C=O) groups excluding carboxylic acids is 1. The molecule has 0 aromatic heterocycles. The van der Waals surface area contributed by atoms with Gasteiger partial charge in [0.05, 0.1) is 25.7 Å². The number of amides is 1. The van der Waals surface area contributed by atoms with Gasteiger partial charge < -0.3 is 14.4 Å². The van der Waals surface area contributed by atoms with Gasteiger partial charge in [-0.3, -0.25) is 4.79 Å². The second-order valence-electron chi connectivity index (χ2n) is 5.93. The van der Waals surface area contributed by atoms with E-state index in [4.69, 9.17) is 9.47 Å². The van der Waals surface area contributed by atoms with Crippen molar-refractivity contribution in [1.29, 1.82) is 0 Å². The number of hydrogen-bond acceptors (Lipinski definition) is 3. The van der Waals surface area contributed by atoms with Crippen molar-refractivity contribution in [3.63, 3.8) is 0 Å². The highest BCUT2D eigenvalue weighted by atomic mass is 16.5. The van der Waals surface area contributed by atoms with Crippen molar-refractivity contribution in [2.75, 3.05) is 26.3 Å². The first-order valence-electron chi connectivity index (χ1n) is 8.42. The lowest BCUT2D eigenvalue weighted by Crippen LogP contribution is -2.46. The topological polar surface area (TPSA) is 38.8 Å². The van der Waals surface area contributed by atoms with Crippen LogP contribution in [-0.2, 0) is 16.0 Å². The van der Waals surface area contributed by atoms with E-state index in [1.165, 1.54) is 5.56 Å². The third-order valence-electron chi connectivity index (χ3n) is 4.13. The van der Waals surface area contributed by atoms with Crippen molar-refractivity contribution in [3.8, 4) is 5.75 Å². The second-order valence-corrected chi connectivity index (χ2v) is 5.93. The highest BCUT2D eigenvalue weighted by Gasteiger charge is 2.24. The van der Waals surface area contributed by atoms with Crippen LogP contribution in [0.2, 0.25) is 0 Å². The van der Waals surface area contributed by atoms with E-state index in [2.05, 4.69) is 12.1 Å². The molecule has 0 radical (unpaired) electrons. The van der Waals surface area contributed by atoms with Gasteiger partial charge in [-0.25, -0.2) is 0 Å². The van der Waals surface area contributed by atoms with E-state index in [1.54, 1.807) is 0 Å². The molecule has 4 nitrogen and oxygen atoms in total. The number of rotatable bonds is 6. The molecule has 0 bridgehead atoms. The fraction of sp³-hybridized carbons (Fsp3) is 0.350. The molecule has 1 saturated heterocycles. The number of morpholine rings is 1. The fourth-order valence-corrected chi connectivity index (χ4v) is 2.88. The summed E-state index contributed by atoms with van der Waals surface area (Å²) in [6, 6.07) is 19.8. The van der Waals surface area contributed by atoms with Gasteiger partial charge in [0.1, 0.15) is 5.75 Å². The molecule has 1 amide bonds. The molecule has 2 aromatic rings. The summed E-state index contributed by atoms with van der Waals surface area (Å²) in [6.07, 6.45) is 1.30. The molecule has 126 valence electrons. The molecule has 24 heavy (non-hydrogen) atoms. The molecule has 1 aliphatic heterocycles. The van der Waals surface area contributed by atoms with Crippen molar-refractivity contribution in [2.45, 2.75) is 18.9 Å². The quantitative estimate of drug-likeness (QED) is 0.820. The van der Waals surface area contributed by atoms with E-state index >= 15 is 0 Å². The molecule has 2 aromatic carbocycles. The van der Waals surface area contributed by atoms with Crippen molar-refractivity contribution in [3.05, 3.63) is 66.2 Å². The standard InChI is InChI=1S/C20H23NO3/c22-20(11-13-23-18-9-5-2-6-10-18)21-12-14-24-19(16-21)15-17-7-3-1-4-8-17/h1-10,19H,11-16H2. The molecule has 1 unspecified atom stereocenters. The van der Waals surface area contributed by atoms with Gasteiger partial charge in [0.15, 0.2) is 0 Å². The maximum atomic E-state index is 12.4. The molecule has 1 atom stereocenters. The normalized spacial score (nSPS) is 17.5. The highest BCUT2D eigenvalue weighted by Crippen LogP contribution is 2.13. The second kappa shape index (κ2) is 8.50. The molecule has 1 fully saturated rings. The summed E-state index contributed by atoms with van der Waals surface area (Å²) in [6.45, 7) is 2.32. The Kier molecular flexibility index (Phi) is 5.85. The van der Waals surface area contributed by atoms with Crippen molar-refractivity contribution < 1.29 is 14.3 Å². The van der Waals surface area contributed by atoms with Crippen molar-refractivity contribution >= 4 is 5.91 Å². The summed E-state index contributed by atoms with van der Waals surface area (Å²) >= 11 is 0. The van der Waals surface area contributed by atoms with Crippen molar-refractivity contribution in [1.82, 2.24) is 4.90 Å². The Morgan fingerprint density at radius 2 is 1.79 bits per heavy atom. The van der Waals surface area contributed by atoms with Crippen LogP contribution >= 0.6 is 0 Å². The van der Waals surface area contributed by atoms with Crippen molar-refractivity contribution in [2.24, 2.45) is 0 Å². The van der Waals surface area contributed by atoms with E-state index in [0.717, 1.165) is 12.2 Å². The number of benzene rings is 2. The molecule has 1 heterocycles. The van der Waals surface area contributed by atoms with Crippen LogP contribution in [0, 0.1) is 0 Å². The first kappa shape index (κ1) is 16.5. The lowest BCUT2D eigenvalue weighted by atomic mass is 10.1. The number of para-hydroxylation sites is 1. The largest absolute Gasteiger partial charge is 0.493 e. The predicted octanol–water partition coefficient (Wildman–Crippen LogP) is 2.93. The average Bonchev–Trinajstić information content (AvgIpc) is 2.64. The fourth-order valence-electron chi connectivity index (χ4n) is 2.88. The minimum absolute atomic E-state index is 0.0696. The first-order valence-corrected chi connectivity index (χ1v) is 8.42. The Hall–Kier alpha value is -2.33. The Bertz CT molecular complexity index is 630. The summed E-state index contributed by atoms with van der Waals surface area (Å²) in [4.78, 5) is 14.3. The lowest BCUT2D eigenvalue weighted by Gasteiger charge is -2.33. The zero-order chi connectivity index (χ0) is 16.6. The molecular weight excluding hydrogens is 302 g/mol. The van der Waals surface area contributed by atoms with Gasteiger partial charge in [-0.15, -0.1) is 0 Å². The Labute approximate surface area is 143 Å². The van der Waals surface area contributed by atoms with Crippen LogP contribution in [-0.4, -0.2) is 43.2 Å². The molecule has 1 aliphatic rings. The molecule has 0 spiro atoms. The monoisotopic (exact) mass is 325 g/mol. The summed E-state index contributed by atoms with van der Waals surface area (Å²) in [5.41, 5.74) is 1.24. The van der Waals surface area contributed by atoms with Crippen LogP contribution in [0.25, 0.3) is 0 Å². The Balaban J connectivity index is 1.44. The van der Waals surface area contributed by atoms with Gasteiger partial charge in [0.25, 0.3) is 0 Å². The van der Waals surface area contributed by atoms with Gasteiger partial charge >= 0.3 is 0 Å². The zero-order valence-electron chi connectivity index (χ0n) is 13.8. The van der Waals surface area contributed by atoms with Crippen LogP contribution in [0.5, 0.6) is 5.75 Å². The van der Waals surface area contributed by atoms with Crippen LogP contribution in [0.1, 0.15) is 12.0 Å². The summed E-state index contributed by atoms with van der Waals surface area (Å²) in [7, 11) is 0. The van der Waals surface area contributed by atoms with Gasteiger partial charge in [-0.1, -0.05) is 48.5 Å².